The van der Waals surface area contributed by atoms with Crippen molar-refractivity contribution in [2.45, 2.75) is 6.61 Å². The second-order valence-electron chi connectivity index (χ2n) is 2.51. The number of rotatable bonds is 3. The van der Waals surface area contributed by atoms with Gasteiger partial charge >= 0.3 is 0 Å². The van der Waals surface area contributed by atoms with Gasteiger partial charge in [-0.05, 0) is 0 Å². The van der Waals surface area contributed by atoms with Crippen LogP contribution in [0.15, 0.2) is 6.07 Å². The molecule has 1 rings (SSSR count). The zero-order valence-corrected chi connectivity index (χ0v) is 8.14. The highest BCUT2D eigenvalue weighted by molar-refractivity contribution is 6.31. The third kappa shape index (κ3) is 1.89. The van der Waals surface area contributed by atoms with Crippen molar-refractivity contribution in [3.05, 3.63) is 22.5 Å². The van der Waals surface area contributed by atoms with Crippen LogP contribution in [0.4, 0.5) is 4.39 Å². The van der Waals surface area contributed by atoms with Crippen molar-refractivity contribution >= 4 is 11.6 Å². The van der Waals surface area contributed by atoms with Crippen molar-refractivity contribution in [2.24, 2.45) is 5.90 Å². The molecule has 0 aliphatic carbocycles. The number of hydrogen-bond donors (Lipinski definition) is 2. The summed E-state index contributed by atoms with van der Waals surface area (Å²) in [4.78, 5) is 4.28. The fourth-order valence-electron chi connectivity index (χ4n) is 1.01. The molecule has 0 aliphatic heterocycles. The highest BCUT2D eigenvalue weighted by Crippen LogP contribution is 2.37. The third-order valence-electron chi connectivity index (χ3n) is 1.70. The van der Waals surface area contributed by atoms with E-state index in [-0.39, 0.29) is 28.7 Å². The Bertz CT molecular complexity index is 346. The van der Waals surface area contributed by atoms with Gasteiger partial charge in [-0.3, -0.25) is 4.84 Å². The summed E-state index contributed by atoms with van der Waals surface area (Å²) >= 11 is 5.58. The van der Waals surface area contributed by atoms with Crippen molar-refractivity contribution in [1.82, 2.24) is 0 Å². The number of aromatic hydroxyl groups is 1. The lowest BCUT2D eigenvalue weighted by atomic mass is 10.2. The molecule has 78 valence electrons. The monoisotopic (exact) mass is 221 g/mol. The second-order valence-corrected chi connectivity index (χ2v) is 2.89. The number of nitrogens with two attached hydrogens (primary N) is 1. The number of halogens is 2. The van der Waals surface area contributed by atoms with Gasteiger partial charge in [0.15, 0.2) is 11.5 Å². The molecule has 0 saturated heterocycles. The maximum atomic E-state index is 13.1. The molecule has 14 heavy (non-hydrogen) atoms. The first-order valence-corrected chi connectivity index (χ1v) is 4.05. The van der Waals surface area contributed by atoms with E-state index < -0.39 is 5.82 Å². The molecular formula is C8H9ClFNO3. The van der Waals surface area contributed by atoms with Crippen LogP contribution >= 0.6 is 11.6 Å². The Morgan fingerprint density at radius 3 is 2.79 bits per heavy atom. The van der Waals surface area contributed by atoms with Crippen LogP contribution in [0.5, 0.6) is 11.5 Å². The van der Waals surface area contributed by atoms with Crippen LogP contribution in [0.2, 0.25) is 5.02 Å². The smallest absolute Gasteiger partial charge is 0.165 e. The molecule has 0 saturated carbocycles. The van der Waals surface area contributed by atoms with Gasteiger partial charge in [0.2, 0.25) is 0 Å². The van der Waals surface area contributed by atoms with Crippen LogP contribution < -0.4 is 10.6 Å². The maximum Gasteiger partial charge on any atom is 0.165 e. The molecule has 0 unspecified atom stereocenters. The van der Waals surface area contributed by atoms with Crippen molar-refractivity contribution < 1.29 is 19.1 Å². The molecule has 3 N–H and O–H groups in total. The zero-order valence-electron chi connectivity index (χ0n) is 7.38. The van der Waals surface area contributed by atoms with Gasteiger partial charge in [-0.1, -0.05) is 11.6 Å². The zero-order chi connectivity index (χ0) is 10.7. The van der Waals surface area contributed by atoms with Crippen LogP contribution in [0, 0.1) is 5.82 Å². The third-order valence-corrected chi connectivity index (χ3v) is 2.11. The minimum atomic E-state index is -0.701. The van der Waals surface area contributed by atoms with Gasteiger partial charge in [0.1, 0.15) is 5.82 Å². The molecule has 4 nitrogen and oxygen atoms in total. The lowest BCUT2D eigenvalue weighted by molar-refractivity contribution is 0.121. The minimum absolute atomic E-state index is 0.0149. The van der Waals surface area contributed by atoms with Gasteiger partial charge in [-0.15, -0.1) is 0 Å². The molecule has 1 aromatic carbocycles. The van der Waals surface area contributed by atoms with E-state index in [0.29, 0.717) is 0 Å². The predicted molar refractivity (Wildman–Crippen MR) is 48.6 cm³/mol. The van der Waals surface area contributed by atoms with Crippen LogP contribution in [0.1, 0.15) is 5.56 Å². The number of benzene rings is 1. The average molecular weight is 222 g/mol. The number of phenolic OH excluding ortho intramolecular Hbond substituents is 1. The quantitative estimate of drug-likeness (QED) is 0.761. The number of hydrogen-bond acceptors (Lipinski definition) is 4. The molecule has 0 spiro atoms. The van der Waals surface area contributed by atoms with E-state index in [0.717, 1.165) is 6.07 Å². The molecule has 0 atom stereocenters. The highest BCUT2D eigenvalue weighted by atomic mass is 35.5. The largest absolute Gasteiger partial charge is 0.504 e. The first-order chi connectivity index (χ1) is 6.61. The average Bonchev–Trinajstić information content (AvgIpc) is 2.18. The van der Waals surface area contributed by atoms with Gasteiger partial charge in [0.05, 0.1) is 18.7 Å². The maximum absolute atomic E-state index is 13.1. The topological polar surface area (TPSA) is 64.7 Å². The highest BCUT2D eigenvalue weighted by Gasteiger charge is 2.16. The molecule has 0 aromatic heterocycles. The Balaban J connectivity index is 3.29. The number of methoxy groups -OCH3 is 1. The number of ether oxygens (including phenoxy) is 1. The summed E-state index contributed by atoms with van der Waals surface area (Å²) in [5, 5.41) is 9.29. The van der Waals surface area contributed by atoms with Crippen molar-refractivity contribution in [3.63, 3.8) is 0 Å². The Labute approximate surface area is 84.9 Å². The molecule has 1 aromatic rings. The Morgan fingerprint density at radius 1 is 1.64 bits per heavy atom. The normalized spacial score (nSPS) is 10.3. The molecule has 0 bridgehead atoms. The van der Waals surface area contributed by atoms with E-state index in [1.165, 1.54) is 7.11 Å². The van der Waals surface area contributed by atoms with Gasteiger partial charge in [0, 0.05) is 11.6 Å². The Hall–Kier alpha value is -1.04. The molecule has 0 fully saturated rings. The molecule has 6 heteroatoms. The minimum Gasteiger partial charge on any atom is -0.504 e. The Kier molecular flexibility index (Phi) is 3.51. The van der Waals surface area contributed by atoms with E-state index in [2.05, 4.69) is 4.84 Å². The SMILES string of the molecule is COc1cc(F)c(Cl)c(CON)c1O. The summed E-state index contributed by atoms with van der Waals surface area (Å²) in [6, 6.07) is 0.984. The number of phenols is 1. The van der Waals surface area contributed by atoms with Crippen LogP contribution in [-0.4, -0.2) is 12.2 Å². The van der Waals surface area contributed by atoms with E-state index in [1.807, 2.05) is 0 Å². The lowest BCUT2D eigenvalue weighted by Crippen LogP contribution is -2.02. The van der Waals surface area contributed by atoms with E-state index >= 15 is 0 Å². The predicted octanol–water partition coefficient (Wildman–Crippen LogP) is 1.58. The molecule has 0 radical (unpaired) electrons. The van der Waals surface area contributed by atoms with Gasteiger partial charge in [-0.25, -0.2) is 10.3 Å². The first-order valence-electron chi connectivity index (χ1n) is 3.67. The summed E-state index contributed by atoms with van der Waals surface area (Å²) in [7, 11) is 1.30. The van der Waals surface area contributed by atoms with Gasteiger partial charge < -0.3 is 9.84 Å². The first kappa shape index (κ1) is 11.0. The van der Waals surface area contributed by atoms with Crippen molar-refractivity contribution in [3.8, 4) is 11.5 Å². The molecule has 0 heterocycles. The summed E-state index contributed by atoms with van der Waals surface area (Å²) in [5.74, 6) is 3.82. The fourth-order valence-corrected chi connectivity index (χ4v) is 1.21. The van der Waals surface area contributed by atoms with E-state index in [1.54, 1.807) is 0 Å². The summed E-state index contributed by atoms with van der Waals surface area (Å²) in [6.45, 7) is -0.196. The summed E-state index contributed by atoms with van der Waals surface area (Å²) in [5.41, 5.74) is 0.0611. The molecular weight excluding hydrogens is 213 g/mol. The standard InChI is InChI=1S/C8H9ClFNO3/c1-13-6-2-5(10)7(9)4(3-14-11)8(6)12/h2,12H,3,11H2,1H3. The summed E-state index contributed by atoms with van der Waals surface area (Å²) in [6.07, 6.45) is 0. The molecule has 0 aliphatic rings. The lowest BCUT2D eigenvalue weighted by Gasteiger charge is -2.10. The molecule has 0 amide bonds. The fraction of sp³-hybridized carbons (Fsp3) is 0.250. The van der Waals surface area contributed by atoms with Crippen molar-refractivity contribution in [2.75, 3.05) is 7.11 Å². The summed E-state index contributed by atoms with van der Waals surface area (Å²) < 4.78 is 17.8. The van der Waals surface area contributed by atoms with E-state index in [4.69, 9.17) is 22.2 Å². The van der Waals surface area contributed by atoms with Crippen LogP contribution in [0.25, 0.3) is 0 Å². The van der Waals surface area contributed by atoms with E-state index in [9.17, 15) is 9.50 Å². The van der Waals surface area contributed by atoms with Crippen LogP contribution in [0.3, 0.4) is 0 Å². The van der Waals surface area contributed by atoms with Gasteiger partial charge in [-0.2, -0.15) is 0 Å². The van der Waals surface area contributed by atoms with Gasteiger partial charge in [0.25, 0.3) is 0 Å². The van der Waals surface area contributed by atoms with Crippen molar-refractivity contribution in [1.29, 1.82) is 0 Å². The Morgan fingerprint density at radius 2 is 2.29 bits per heavy atom. The second kappa shape index (κ2) is 4.45. The van der Waals surface area contributed by atoms with Crippen LogP contribution in [-0.2, 0) is 11.4 Å².